The molecule has 1 aromatic rings. The molecule has 2 atom stereocenters. The second kappa shape index (κ2) is 4.54. The van der Waals surface area contributed by atoms with Crippen LogP contribution in [-0.2, 0) is 4.79 Å². The molecule has 1 rings (SSSR count). The van der Waals surface area contributed by atoms with Gasteiger partial charge in [-0.1, -0.05) is 0 Å². The summed E-state index contributed by atoms with van der Waals surface area (Å²) in [5, 5.41) is 13.5. The predicted octanol–water partition coefficient (Wildman–Crippen LogP) is 0.729. The van der Waals surface area contributed by atoms with E-state index < -0.39 is 18.1 Å². The molecule has 2 unspecified atom stereocenters. The largest absolute Gasteiger partial charge is 0.480 e. The molecular weight excluding hydrogens is 200 g/mol. The Morgan fingerprint density at radius 1 is 1.71 bits per heavy atom. The maximum absolute atomic E-state index is 10.8. The summed E-state index contributed by atoms with van der Waals surface area (Å²) in [5.74, 6) is -0.923. The van der Waals surface area contributed by atoms with Gasteiger partial charge in [-0.25, -0.2) is 0 Å². The standard InChI is InChI=1S/C9H14N2O2S/c1-5-3-4-14-8(5)6(10)7(11-2)9(12)13/h3-4,6-7,11H,10H2,1-2H3,(H,12,13). The van der Waals surface area contributed by atoms with Crippen molar-refractivity contribution in [2.75, 3.05) is 7.05 Å². The monoisotopic (exact) mass is 214 g/mol. The number of carboxylic acid groups (broad SMARTS) is 1. The van der Waals surface area contributed by atoms with E-state index in [-0.39, 0.29) is 0 Å². The molecule has 78 valence electrons. The number of thiophene rings is 1. The number of rotatable bonds is 4. The Hall–Kier alpha value is -0.910. The Morgan fingerprint density at radius 2 is 2.36 bits per heavy atom. The number of carboxylic acids is 1. The van der Waals surface area contributed by atoms with Crippen LogP contribution in [-0.4, -0.2) is 24.2 Å². The van der Waals surface area contributed by atoms with Crippen molar-refractivity contribution in [3.63, 3.8) is 0 Å². The van der Waals surface area contributed by atoms with E-state index >= 15 is 0 Å². The Bertz CT molecular complexity index is 324. The molecule has 0 aliphatic heterocycles. The number of hydrogen-bond donors (Lipinski definition) is 3. The summed E-state index contributed by atoms with van der Waals surface area (Å²) < 4.78 is 0. The van der Waals surface area contributed by atoms with Crippen molar-refractivity contribution < 1.29 is 9.90 Å². The average Bonchev–Trinajstić information content (AvgIpc) is 2.51. The lowest BCUT2D eigenvalue weighted by molar-refractivity contribution is -0.139. The van der Waals surface area contributed by atoms with Gasteiger partial charge < -0.3 is 16.2 Å². The van der Waals surface area contributed by atoms with Crippen molar-refractivity contribution in [2.24, 2.45) is 5.73 Å². The highest BCUT2D eigenvalue weighted by Crippen LogP contribution is 2.24. The normalized spacial score (nSPS) is 15.1. The number of nitrogens with one attached hydrogen (secondary N) is 1. The van der Waals surface area contributed by atoms with E-state index in [1.54, 1.807) is 7.05 Å². The van der Waals surface area contributed by atoms with Crippen molar-refractivity contribution in [3.05, 3.63) is 21.9 Å². The molecule has 0 bridgehead atoms. The third-order valence-corrected chi connectivity index (χ3v) is 3.26. The van der Waals surface area contributed by atoms with Crippen molar-refractivity contribution >= 4 is 17.3 Å². The predicted molar refractivity (Wildman–Crippen MR) is 56.5 cm³/mol. The number of likely N-dealkylation sites (N-methyl/N-ethyl adjacent to an activating group) is 1. The number of nitrogens with two attached hydrogens (primary N) is 1. The van der Waals surface area contributed by atoms with Crippen LogP contribution in [0.25, 0.3) is 0 Å². The number of aryl methyl sites for hydroxylation is 1. The second-order valence-electron chi connectivity index (χ2n) is 3.10. The van der Waals surface area contributed by atoms with E-state index in [0.717, 1.165) is 10.4 Å². The summed E-state index contributed by atoms with van der Waals surface area (Å²) in [5.41, 5.74) is 6.91. The van der Waals surface area contributed by atoms with Gasteiger partial charge in [0.1, 0.15) is 6.04 Å². The first-order valence-corrected chi connectivity index (χ1v) is 5.15. The van der Waals surface area contributed by atoms with Crippen LogP contribution in [0, 0.1) is 6.92 Å². The first-order valence-electron chi connectivity index (χ1n) is 4.27. The molecule has 1 heterocycles. The zero-order chi connectivity index (χ0) is 10.7. The van der Waals surface area contributed by atoms with Crippen molar-refractivity contribution in [1.82, 2.24) is 5.32 Å². The highest BCUT2D eigenvalue weighted by atomic mass is 32.1. The summed E-state index contributed by atoms with van der Waals surface area (Å²) in [6, 6.07) is 0.721. The van der Waals surface area contributed by atoms with Crippen LogP contribution in [0.1, 0.15) is 16.5 Å². The molecule has 0 fully saturated rings. The van der Waals surface area contributed by atoms with Gasteiger partial charge in [-0.3, -0.25) is 4.79 Å². The van der Waals surface area contributed by atoms with E-state index in [0.29, 0.717) is 0 Å². The zero-order valence-corrected chi connectivity index (χ0v) is 8.97. The Kier molecular flexibility index (Phi) is 3.62. The van der Waals surface area contributed by atoms with Crippen LogP contribution >= 0.6 is 11.3 Å². The highest BCUT2D eigenvalue weighted by Gasteiger charge is 2.26. The lowest BCUT2D eigenvalue weighted by Gasteiger charge is -2.18. The minimum absolute atomic E-state index is 0.488. The molecule has 0 spiro atoms. The molecule has 0 amide bonds. The molecule has 0 saturated carbocycles. The Labute approximate surface area is 86.7 Å². The molecule has 0 aromatic carbocycles. The van der Waals surface area contributed by atoms with Crippen LogP contribution in [0.5, 0.6) is 0 Å². The number of carbonyl (C=O) groups is 1. The molecule has 1 aromatic heterocycles. The minimum Gasteiger partial charge on any atom is -0.480 e. The summed E-state index contributed by atoms with van der Waals surface area (Å²) in [6.07, 6.45) is 0. The topological polar surface area (TPSA) is 75.3 Å². The van der Waals surface area contributed by atoms with Gasteiger partial charge in [0.05, 0.1) is 6.04 Å². The highest BCUT2D eigenvalue weighted by molar-refractivity contribution is 7.10. The molecule has 0 aliphatic carbocycles. The third kappa shape index (κ3) is 2.12. The van der Waals surface area contributed by atoms with Gasteiger partial charge in [0.15, 0.2) is 0 Å². The number of aliphatic carboxylic acids is 1. The summed E-state index contributed by atoms with van der Waals surface area (Å²) in [4.78, 5) is 11.8. The van der Waals surface area contributed by atoms with E-state index in [1.165, 1.54) is 11.3 Å². The minimum atomic E-state index is -0.923. The van der Waals surface area contributed by atoms with Crippen molar-refractivity contribution in [1.29, 1.82) is 0 Å². The van der Waals surface area contributed by atoms with Gasteiger partial charge >= 0.3 is 5.97 Å². The summed E-state index contributed by atoms with van der Waals surface area (Å²) in [6.45, 7) is 1.93. The lowest BCUT2D eigenvalue weighted by Crippen LogP contribution is -2.43. The van der Waals surface area contributed by atoms with Gasteiger partial charge in [-0.05, 0) is 31.0 Å². The van der Waals surface area contributed by atoms with Gasteiger partial charge in [0.2, 0.25) is 0 Å². The van der Waals surface area contributed by atoms with Crippen molar-refractivity contribution in [2.45, 2.75) is 19.0 Å². The lowest BCUT2D eigenvalue weighted by atomic mass is 10.1. The maximum atomic E-state index is 10.8. The van der Waals surface area contributed by atoms with E-state index in [2.05, 4.69) is 5.32 Å². The fourth-order valence-electron chi connectivity index (χ4n) is 1.33. The molecule has 0 aliphatic rings. The van der Waals surface area contributed by atoms with Gasteiger partial charge in [0.25, 0.3) is 0 Å². The Morgan fingerprint density at radius 3 is 2.71 bits per heavy atom. The van der Waals surface area contributed by atoms with E-state index in [9.17, 15) is 4.79 Å². The first-order chi connectivity index (χ1) is 6.57. The fourth-order valence-corrected chi connectivity index (χ4v) is 2.30. The average molecular weight is 214 g/mol. The van der Waals surface area contributed by atoms with Crippen LogP contribution < -0.4 is 11.1 Å². The molecule has 0 radical (unpaired) electrons. The summed E-state index contributed by atoms with van der Waals surface area (Å²) >= 11 is 1.49. The van der Waals surface area contributed by atoms with Gasteiger partial charge in [-0.15, -0.1) is 11.3 Å². The molecule has 4 nitrogen and oxygen atoms in total. The third-order valence-electron chi connectivity index (χ3n) is 2.14. The molecular formula is C9H14N2O2S. The maximum Gasteiger partial charge on any atom is 0.322 e. The zero-order valence-electron chi connectivity index (χ0n) is 8.15. The SMILES string of the molecule is CNC(C(=O)O)C(N)c1sccc1C. The molecule has 14 heavy (non-hydrogen) atoms. The van der Waals surface area contributed by atoms with E-state index in [1.807, 2.05) is 18.4 Å². The molecule has 5 heteroatoms. The second-order valence-corrected chi connectivity index (χ2v) is 4.05. The Balaban J connectivity index is 2.88. The summed E-state index contributed by atoms with van der Waals surface area (Å²) in [7, 11) is 1.60. The smallest absolute Gasteiger partial charge is 0.322 e. The van der Waals surface area contributed by atoms with Crippen LogP contribution in [0.2, 0.25) is 0 Å². The molecule has 4 N–H and O–H groups in total. The number of hydrogen-bond acceptors (Lipinski definition) is 4. The first kappa shape index (κ1) is 11.2. The van der Waals surface area contributed by atoms with Crippen LogP contribution in [0.15, 0.2) is 11.4 Å². The van der Waals surface area contributed by atoms with Gasteiger partial charge in [0, 0.05) is 4.88 Å². The molecule has 0 saturated heterocycles. The van der Waals surface area contributed by atoms with Crippen LogP contribution in [0.3, 0.4) is 0 Å². The fraction of sp³-hybridized carbons (Fsp3) is 0.444. The van der Waals surface area contributed by atoms with Gasteiger partial charge in [-0.2, -0.15) is 0 Å². The van der Waals surface area contributed by atoms with Crippen molar-refractivity contribution in [3.8, 4) is 0 Å². The van der Waals surface area contributed by atoms with E-state index in [4.69, 9.17) is 10.8 Å². The quantitative estimate of drug-likeness (QED) is 0.690. The van der Waals surface area contributed by atoms with Crippen LogP contribution in [0.4, 0.5) is 0 Å².